The summed E-state index contributed by atoms with van der Waals surface area (Å²) in [7, 11) is 1.78. The Morgan fingerprint density at radius 3 is 3.09 bits per heavy atom. The van der Waals surface area contributed by atoms with Gasteiger partial charge in [-0.15, -0.1) is 0 Å². The fraction of sp³-hybridized carbons (Fsp3) is 0.611. The van der Waals surface area contributed by atoms with Crippen LogP contribution in [0, 0.1) is 23.1 Å². The Morgan fingerprint density at radius 1 is 1.43 bits per heavy atom. The summed E-state index contributed by atoms with van der Waals surface area (Å²) in [5.41, 5.74) is 1.30. The van der Waals surface area contributed by atoms with Crippen LogP contribution in [-0.2, 0) is 16.0 Å². The van der Waals surface area contributed by atoms with Crippen molar-refractivity contribution in [2.75, 3.05) is 26.9 Å². The Hall–Kier alpha value is -1.48. The van der Waals surface area contributed by atoms with Crippen molar-refractivity contribution in [2.45, 2.75) is 38.0 Å². The predicted octanol–water partition coefficient (Wildman–Crippen LogP) is 2.71. The lowest BCUT2D eigenvalue weighted by atomic mass is 9.93. The van der Waals surface area contributed by atoms with E-state index < -0.39 is 0 Å². The molecule has 3 atom stereocenters. The minimum absolute atomic E-state index is 0.285. The highest BCUT2D eigenvalue weighted by molar-refractivity contribution is 5.37. The van der Waals surface area contributed by atoms with Crippen LogP contribution in [0.1, 0.15) is 30.4 Å². The van der Waals surface area contributed by atoms with E-state index in [1.54, 1.807) is 13.2 Å². The summed E-state index contributed by atoms with van der Waals surface area (Å²) in [6, 6.07) is 6.88. The molecule has 0 bridgehead atoms. The van der Waals surface area contributed by atoms with Crippen molar-refractivity contribution in [3.63, 3.8) is 0 Å². The molecule has 2 aliphatic rings. The van der Waals surface area contributed by atoms with E-state index in [9.17, 15) is 9.65 Å². The zero-order valence-electron chi connectivity index (χ0n) is 13.5. The van der Waals surface area contributed by atoms with Gasteiger partial charge in [0.05, 0.1) is 31.0 Å². The van der Waals surface area contributed by atoms with Gasteiger partial charge in [0.2, 0.25) is 0 Å². The minimum atomic E-state index is -0.362. The monoisotopic (exact) mass is 318 g/mol. The van der Waals surface area contributed by atoms with Crippen LogP contribution in [0.5, 0.6) is 0 Å². The van der Waals surface area contributed by atoms with Crippen LogP contribution in [0.4, 0.5) is 4.39 Å². The van der Waals surface area contributed by atoms with Crippen LogP contribution in [0.15, 0.2) is 18.2 Å². The lowest BCUT2D eigenvalue weighted by Gasteiger charge is -2.40. The van der Waals surface area contributed by atoms with Crippen molar-refractivity contribution >= 4 is 0 Å². The third-order valence-corrected chi connectivity index (χ3v) is 5.15. The van der Waals surface area contributed by atoms with Crippen molar-refractivity contribution < 1.29 is 13.9 Å². The maximum atomic E-state index is 13.3. The molecule has 4 nitrogen and oxygen atoms in total. The maximum Gasteiger partial charge on any atom is 0.124 e. The molecule has 2 fully saturated rings. The van der Waals surface area contributed by atoms with Gasteiger partial charge in [-0.3, -0.25) is 4.90 Å². The normalized spacial score (nSPS) is 28.7. The van der Waals surface area contributed by atoms with Crippen LogP contribution in [0.25, 0.3) is 0 Å². The van der Waals surface area contributed by atoms with Gasteiger partial charge in [-0.1, -0.05) is 12.5 Å². The van der Waals surface area contributed by atoms with Gasteiger partial charge in [0, 0.05) is 32.2 Å². The second kappa shape index (κ2) is 7.39. The van der Waals surface area contributed by atoms with Crippen LogP contribution in [0.2, 0.25) is 0 Å². The maximum absolute atomic E-state index is 13.3. The van der Waals surface area contributed by atoms with Gasteiger partial charge in [-0.05, 0) is 30.5 Å². The number of hydrogen-bond donors (Lipinski definition) is 0. The van der Waals surface area contributed by atoms with Gasteiger partial charge in [0.1, 0.15) is 5.82 Å². The number of nitrogens with zero attached hydrogens (tertiary/aromatic N) is 2. The van der Waals surface area contributed by atoms with E-state index in [0.29, 0.717) is 37.3 Å². The molecule has 0 amide bonds. The summed E-state index contributed by atoms with van der Waals surface area (Å²) < 4.78 is 24.7. The number of morpholine rings is 1. The van der Waals surface area contributed by atoms with Crippen LogP contribution < -0.4 is 0 Å². The summed E-state index contributed by atoms with van der Waals surface area (Å²) in [4.78, 5) is 2.37. The molecule has 1 heterocycles. The van der Waals surface area contributed by atoms with Crippen LogP contribution >= 0.6 is 0 Å². The second-order valence-electron chi connectivity index (χ2n) is 6.39. The molecule has 0 radical (unpaired) electrons. The third kappa shape index (κ3) is 3.55. The molecular formula is C18H23FN2O2. The number of nitriles is 1. The van der Waals surface area contributed by atoms with Crippen molar-refractivity contribution in [1.29, 1.82) is 5.26 Å². The Morgan fingerprint density at radius 2 is 2.30 bits per heavy atom. The smallest absolute Gasteiger partial charge is 0.124 e. The highest BCUT2D eigenvalue weighted by Crippen LogP contribution is 2.34. The Bertz CT molecular complexity index is 587. The highest BCUT2D eigenvalue weighted by Gasteiger charge is 2.38. The van der Waals surface area contributed by atoms with Crippen molar-refractivity contribution in [2.24, 2.45) is 5.92 Å². The first-order valence-electron chi connectivity index (χ1n) is 8.26. The predicted molar refractivity (Wildman–Crippen MR) is 84.3 cm³/mol. The summed E-state index contributed by atoms with van der Waals surface area (Å²) in [6.45, 7) is 2.89. The van der Waals surface area contributed by atoms with Gasteiger partial charge < -0.3 is 9.47 Å². The first-order valence-corrected chi connectivity index (χ1v) is 8.26. The molecule has 0 aromatic heterocycles. The molecule has 0 unspecified atom stereocenters. The number of rotatable bonds is 4. The quantitative estimate of drug-likeness (QED) is 0.856. The Balaban J connectivity index is 1.78. The summed E-state index contributed by atoms with van der Waals surface area (Å²) in [5, 5.41) is 9.25. The molecule has 1 aliphatic carbocycles. The fourth-order valence-electron chi connectivity index (χ4n) is 3.94. The van der Waals surface area contributed by atoms with E-state index >= 15 is 0 Å². The van der Waals surface area contributed by atoms with E-state index in [4.69, 9.17) is 9.47 Å². The Labute approximate surface area is 136 Å². The number of ether oxygens (including phenoxy) is 2. The minimum Gasteiger partial charge on any atom is -0.381 e. The summed E-state index contributed by atoms with van der Waals surface area (Å²) >= 11 is 0. The molecule has 23 heavy (non-hydrogen) atoms. The molecule has 0 spiro atoms. The lowest BCUT2D eigenvalue weighted by molar-refractivity contribution is -0.0608. The molecule has 5 heteroatoms. The average molecular weight is 318 g/mol. The molecule has 3 rings (SSSR count). The Kier molecular flexibility index (Phi) is 5.27. The van der Waals surface area contributed by atoms with Gasteiger partial charge in [-0.25, -0.2) is 4.39 Å². The van der Waals surface area contributed by atoms with Gasteiger partial charge >= 0.3 is 0 Å². The standard InChI is InChI=1S/C18H23FN2O2/c1-22-18-4-2-3-16(18)17-12-23-8-7-21(17)11-13-5-6-15(19)9-14(13)10-20/h5-6,9,16-18H,2-4,7-8,11-12H2,1H3/t16-,17+,18-/m1/s1. The van der Waals surface area contributed by atoms with Crippen LogP contribution in [-0.4, -0.2) is 43.9 Å². The summed E-state index contributed by atoms with van der Waals surface area (Å²) in [6.07, 6.45) is 3.73. The lowest BCUT2D eigenvalue weighted by Crippen LogP contribution is -2.50. The highest BCUT2D eigenvalue weighted by atomic mass is 19.1. The van der Waals surface area contributed by atoms with E-state index in [-0.39, 0.29) is 11.9 Å². The third-order valence-electron chi connectivity index (χ3n) is 5.15. The molecular weight excluding hydrogens is 295 g/mol. The number of hydrogen-bond acceptors (Lipinski definition) is 4. The fourth-order valence-corrected chi connectivity index (χ4v) is 3.94. The van der Waals surface area contributed by atoms with Crippen molar-refractivity contribution in [1.82, 2.24) is 4.90 Å². The van der Waals surface area contributed by atoms with Gasteiger partial charge in [-0.2, -0.15) is 5.26 Å². The van der Waals surface area contributed by atoms with Crippen molar-refractivity contribution in [3.8, 4) is 6.07 Å². The van der Waals surface area contributed by atoms with Crippen molar-refractivity contribution in [3.05, 3.63) is 35.1 Å². The molecule has 0 N–H and O–H groups in total. The molecule has 1 aromatic carbocycles. The first kappa shape index (κ1) is 16.4. The van der Waals surface area contributed by atoms with Crippen LogP contribution in [0.3, 0.4) is 0 Å². The van der Waals surface area contributed by atoms with E-state index in [1.165, 1.54) is 18.6 Å². The van der Waals surface area contributed by atoms with E-state index in [2.05, 4.69) is 11.0 Å². The average Bonchev–Trinajstić information content (AvgIpc) is 3.05. The zero-order valence-corrected chi connectivity index (χ0v) is 13.5. The van der Waals surface area contributed by atoms with Gasteiger partial charge in [0.25, 0.3) is 0 Å². The number of benzene rings is 1. The molecule has 1 saturated heterocycles. The number of methoxy groups -OCH3 is 1. The molecule has 124 valence electrons. The zero-order chi connectivity index (χ0) is 16.2. The second-order valence-corrected chi connectivity index (χ2v) is 6.39. The SMILES string of the molecule is CO[C@@H]1CCC[C@@H]1[C@@H]1COCCN1Cc1ccc(F)cc1C#N. The van der Waals surface area contributed by atoms with E-state index in [0.717, 1.165) is 24.9 Å². The number of halogens is 1. The van der Waals surface area contributed by atoms with E-state index in [1.807, 2.05) is 0 Å². The first-order chi connectivity index (χ1) is 11.2. The largest absolute Gasteiger partial charge is 0.381 e. The molecule has 1 aromatic rings. The molecule has 1 saturated carbocycles. The molecule has 1 aliphatic heterocycles. The summed E-state index contributed by atoms with van der Waals surface area (Å²) in [5.74, 6) is 0.102. The topological polar surface area (TPSA) is 45.5 Å². The van der Waals surface area contributed by atoms with Gasteiger partial charge in [0.15, 0.2) is 0 Å².